The Labute approximate surface area is 124 Å². The van der Waals surface area contributed by atoms with E-state index in [4.69, 9.17) is 17.4 Å². The molecule has 2 aromatic rings. The van der Waals surface area contributed by atoms with Gasteiger partial charge in [0.25, 0.3) is 0 Å². The molecule has 0 fully saturated rings. The van der Waals surface area contributed by atoms with Gasteiger partial charge >= 0.3 is 0 Å². The van der Waals surface area contributed by atoms with E-state index in [1.807, 2.05) is 33.9 Å². The van der Waals surface area contributed by atoms with E-state index in [-0.39, 0.29) is 6.04 Å². The molecule has 0 spiro atoms. The molecule has 5 nitrogen and oxygen atoms in total. The molecule has 0 aliphatic rings. The Morgan fingerprint density at radius 2 is 2.00 bits per heavy atom. The van der Waals surface area contributed by atoms with Crippen molar-refractivity contribution in [1.82, 2.24) is 20.2 Å². The maximum absolute atomic E-state index is 6.30. The van der Waals surface area contributed by atoms with Gasteiger partial charge in [-0.2, -0.15) is 5.10 Å². The smallest absolute Gasteiger partial charge is 0.0847 e. The predicted molar refractivity (Wildman–Crippen MR) is 80.4 cm³/mol. The zero-order valence-corrected chi connectivity index (χ0v) is 13.0. The molecule has 20 heavy (non-hydrogen) atoms. The number of rotatable bonds is 4. The van der Waals surface area contributed by atoms with E-state index in [1.54, 1.807) is 4.68 Å². The fraction of sp³-hybridized carbons (Fsp3) is 0.429. The molecule has 0 radical (unpaired) electrons. The summed E-state index contributed by atoms with van der Waals surface area (Å²) in [5, 5.41) is 5.03. The normalized spacial score (nSPS) is 12.7. The van der Waals surface area contributed by atoms with E-state index < -0.39 is 0 Å². The first kappa shape index (κ1) is 15.0. The third kappa shape index (κ3) is 2.85. The fourth-order valence-electron chi connectivity index (χ4n) is 2.42. The van der Waals surface area contributed by atoms with Crippen LogP contribution in [-0.4, -0.2) is 14.8 Å². The van der Waals surface area contributed by atoms with E-state index >= 15 is 0 Å². The lowest BCUT2D eigenvalue weighted by Gasteiger charge is -2.18. The average molecular weight is 294 g/mol. The van der Waals surface area contributed by atoms with Crippen molar-refractivity contribution < 1.29 is 0 Å². The highest BCUT2D eigenvalue weighted by atomic mass is 35.5. The fourth-order valence-corrected chi connectivity index (χ4v) is 2.66. The first-order valence-corrected chi connectivity index (χ1v) is 6.90. The highest BCUT2D eigenvalue weighted by molar-refractivity contribution is 6.31. The Morgan fingerprint density at radius 1 is 1.30 bits per heavy atom. The monoisotopic (exact) mass is 293 g/mol. The zero-order chi connectivity index (χ0) is 14.9. The van der Waals surface area contributed by atoms with Crippen molar-refractivity contribution in [3.05, 3.63) is 45.5 Å². The van der Waals surface area contributed by atoms with Crippen LogP contribution in [0.5, 0.6) is 0 Å². The van der Waals surface area contributed by atoms with Gasteiger partial charge in [0.15, 0.2) is 0 Å². The van der Waals surface area contributed by atoms with Crippen molar-refractivity contribution in [3.8, 4) is 0 Å². The number of aryl methyl sites for hydroxylation is 4. The Kier molecular flexibility index (Phi) is 4.42. The Balaban J connectivity index is 2.33. The van der Waals surface area contributed by atoms with Gasteiger partial charge in [-0.15, -0.1) is 0 Å². The number of hydrogen-bond acceptors (Lipinski definition) is 4. The van der Waals surface area contributed by atoms with Gasteiger partial charge in [-0.05, 0) is 32.4 Å². The standard InChI is InChI=1S/C14H20ClN5/c1-8-5-6-11(9(2)17-8)12(18-16)7-13-14(15)10(3)19-20(13)4/h5-6,12,18H,7,16H2,1-4H3. The van der Waals surface area contributed by atoms with Crippen molar-refractivity contribution in [2.75, 3.05) is 0 Å². The molecule has 0 saturated carbocycles. The number of hydrogen-bond donors (Lipinski definition) is 2. The van der Waals surface area contributed by atoms with Crippen LogP contribution < -0.4 is 11.3 Å². The second kappa shape index (κ2) is 5.91. The van der Waals surface area contributed by atoms with Crippen molar-refractivity contribution in [1.29, 1.82) is 0 Å². The van der Waals surface area contributed by atoms with Crippen LogP contribution in [0.15, 0.2) is 12.1 Å². The number of halogens is 1. The van der Waals surface area contributed by atoms with Crippen LogP contribution >= 0.6 is 11.6 Å². The summed E-state index contributed by atoms with van der Waals surface area (Å²) in [5.41, 5.74) is 7.70. The molecule has 3 N–H and O–H groups in total. The number of hydrazine groups is 1. The lowest BCUT2D eigenvalue weighted by molar-refractivity contribution is 0.525. The minimum Gasteiger partial charge on any atom is -0.271 e. The predicted octanol–water partition coefficient (Wildman–Crippen LogP) is 2.14. The van der Waals surface area contributed by atoms with E-state index in [0.29, 0.717) is 11.4 Å². The average Bonchev–Trinajstić information content (AvgIpc) is 2.62. The first-order valence-electron chi connectivity index (χ1n) is 6.52. The van der Waals surface area contributed by atoms with Crippen LogP contribution in [-0.2, 0) is 13.5 Å². The zero-order valence-electron chi connectivity index (χ0n) is 12.2. The Hall–Kier alpha value is -1.43. The minimum absolute atomic E-state index is 0.0459. The molecule has 1 unspecified atom stereocenters. The molecular formula is C14H20ClN5. The van der Waals surface area contributed by atoms with Crippen LogP contribution in [0.2, 0.25) is 5.02 Å². The van der Waals surface area contributed by atoms with Gasteiger partial charge in [-0.1, -0.05) is 17.7 Å². The van der Waals surface area contributed by atoms with E-state index in [2.05, 4.69) is 21.6 Å². The number of aromatic nitrogens is 3. The third-order valence-electron chi connectivity index (χ3n) is 3.50. The number of nitrogens with two attached hydrogens (primary N) is 1. The van der Waals surface area contributed by atoms with Gasteiger partial charge in [0, 0.05) is 24.9 Å². The summed E-state index contributed by atoms with van der Waals surface area (Å²) >= 11 is 6.30. The molecule has 0 aliphatic heterocycles. The minimum atomic E-state index is -0.0459. The molecule has 0 bridgehead atoms. The second-order valence-corrected chi connectivity index (χ2v) is 5.40. The van der Waals surface area contributed by atoms with Gasteiger partial charge in [-0.3, -0.25) is 20.9 Å². The summed E-state index contributed by atoms with van der Waals surface area (Å²) in [6, 6.07) is 4.00. The van der Waals surface area contributed by atoms with Crippen LogP contribution in [0.1, 0.15) is 34.4 Å². The summed E-state index contributed by atoms with van der Waals surface area (Å²) in [6.45, 7) is 5.86. The SMILES string of the molecule is Cc1ccc(C(Cc2c(Cl)c(C)nn2C)NN)c(C)n1. The quantitative estimate of drug-likeness (QED) is 0.669. The molecule has 0 amide bonds. The summed E-state index contributed by atoms with van der Waals surface area (Å²) in [5.74, 6) is 5.72. The molecule has 0 aliphatic carbocycles. The topological polar surface area (TPSA) is 68.8 Å². The largest absolute Gasteiger partial charge is 0.271 e. The maximum atomic E-state index is 6.30. The molecule has 0 aromatic carbocycles. The highest BCUT2D eigenvalue weighted by Gasteiger charge is 2.19. The van der Waals surface area contributed by atoms with E-state index in [0.717, 1.165) is 28.3 Å². The number of nitrogens with zero attached hydrogens (tertiary/aromatic N) is 3. The van der Waals surface area contributed by atoms with Gasteiger partial charge in [-0.25, -0.2) is 0 Å². The molecule has 108 valence electrons. The van der Waals surface area contributed by atoms with Crippen LogP contribution in [0.3, 0.4) is 0 Å². The molecule has 2 rings (SSSR count). The van der Waals surface area contributed by atoms with E-state index in [9.17, 15) is 0 Å². The molecule has 0 saturated heterocycles. The molecule has 1 atom stereocenters. The molecule has 2 heterocycles. The van der Waals surface area contributed by atoms with Crippen LogP contribution in [0, 0.1) is 20.8 Å². The molecule has 6 heteroatoms. The van der Waals surface area contributed by atoms with Gasteiger partial charge in [0.2, 0.25) is 0 Å². The van der Waals surface area contributed by atoms with Crippen molar-refractivity contribution >= 4 is 11.6 Å². The van der Waals surface area contributed by atoms with Gasteiger partial charge in [0.05, 0.1) is 22.5 Å². The van der Waals surface area contributed by atoms with Crippen molar-refractivity contribution in [2.45, 2.75) is 33.2 Å². The highest BCUT2D eigenvalue weighted by Crippen LogP contribution is 2.26. The van der Waals surface area contributed by atoms with Crippen molar-refractivity contribution in [2.24, 2.45) is 12.9 Å². The van der Waals surface area contributed by atoms with Gasteiger partial charge < -0.3 is 0 Å². The summed E-state index contributed by atoms with van der Waals surface area (Å²) in [6.07, 6.45) is 0.665. The van der Waals surface area contributed by atoms with Crippen molar-refractivity contribution in [3.63, 3.8) is 0 Å². The molecule has 2 aromatic heterocycles. The maximum Gasteiger partial charge on any atom is 0.0847 e. The lowest BCUT2D eigenvalue weighted by Crippen LogP contribution is -2.31. The number of pyridine rings is 1. The number of nitrogens with one attached hydrogen (secondary N) is 1. The summed E-state index contributed by atoms with van der Waals surface area (Å²) in [4.78, 5) is 4.48. The van der Waals surface area contributed by atoms with E-state index in [1.165, 1.54) is 0 Å². The third-order valence-corrected chi connectivity index (χ3v) is 3.99. The first-order chi connectivity index (χ1) is 9.43. The summed E-state index contributed by atoms with van der Waals surface area (Å²) < 4.78 is 1.80. The molecular weight excluding hydrogens is 274 g/mol. The Morgan fingerprint density at radius 3 is 2.50 bits per heavy atom. The summed E-state index contributed by atoms with van der Waals surface area (Å²) in [7, 11) is 1.89. The Bertz CT molecular complexity index is 620. The lowest BCUT2D eigenvalue weighted by atomic mass is 10.0. The van der Waals surface area contributed by atoms with Crippen LogP contribution in [0.25, 0.3) is 0 Å². The van der Waals surface area contributed by atoms with Gasteiger partial charge in [0.1, 0.15) is 0 Å². The van der Waals surface area contributed by atoms with Crippen LogP contribution in [0.4, 0.5) is 0 Å². The second-order valence-electron chi connectivity index (χ2n) is 5.02.